The van der Waals surface area contributed by atoms with Gasteiger partial charge >= 0.3 is 6.03 Å². The molecule has 0 aliphatic carbocycles. The van der Waals surface area contributed by atoms with Crippen LogP contribution < -0.4 is 5.32 Å². The van der Waals surface area contributed by atoms with Crippen LogP contribution in [0.4, 0.5) is 4.79 Å². The Labute approximate surface area is 111 Å². The number of likely N-dealkylation sites (N-methyl/N-ethyl adjacent to an activating group) is 1. The van der Waals surface area contributed by atoms with E-state index in [-0.39, 0.29) is 18.7 Å². The van der Waals surface area contributed by atoms with Gasteiger partial charge in [-0.15, -0.1) is 0 Å². The van der Waals surface area contributed by atoms with Gasteiger partial charge in [-0.05, 0) is 19.1 Å². The van der Waals surface area contributed by atoms with Crippen LogP contribution in [0.15, 0.2) is 34.7 Å². The Bertz CT molecular complexity index is 532. The summed E-state index contributed by atoms with van der Waals surface area (Å²) in [6.07, 6.45) is 0. The maximum Gasteiger partial charge on any atom is 0.317 e. The number of rotatable bonds is 4. The zero-order valence-electron chi connectivity index (χ0n) is 11.1. The predicted molar refractivity (Wildman–Crippen MR) is 72.9 cm³/mol. The molecule has 0 saturated carbocycles. The summed E-state index contributed by atoms with van der Waals surface area (Å²) in [5.74, 6) is 0.715. The second-order valence-corrected chi connectivity index (χ2v) is 4.50. The molecule has 1 atom stereocenters. The quantitative estimate of drug-likeness (QED) is 0.887. The molecule has 0 spiro atoms. The molecule has 1 heterocycles. The zero-order chi connectivity index (χ0) is 13.8. The van der Waals surface area contributed by atoms with Crippen LogP contribution in [-0.2, 0) is 0 Å². The summed E-state index contributed by atoms with van der Waals surface area (Å²) in [5, 5.41) is 12.6. The lowest BCUT2D eigenvalue weighted by molar-refractivity contribution is 0.186. The summed E-state index contributed by atoms with van der Waals surface area (Å²) in [5.41, 5.74) is 0.808. The third kappa shape index (κ3) is 3.06. The Morgan fingerprint density at radius 3 is 2.89 bits per heavy atom. The van der Waals surface area contributed by atoms with E-state index in [1.165, 1.54) is 4.90 Å². The molecule has 5 heteroatoms. The van der Waals surface area contributed by atoms with Crippen molar-refractivity contribution in [3.8, 4) is 0 Å². The van der Waals surface area contributed by atoms with Gasteiger partial charge in [0.15, 0.2) is 0 Å². The second kappa shape index (κ2) is 5.75. The summed E-state index contributed by atoms with van der Waals surface area (Å²) < 4.78 is 5.69. The Balaban J connectivity index is 2.07. The number of nitrogens with zero attached hydrogens (tertiary/aromatic N) is 1. The molecule has 102 valence electrons. The van der Waals surface area contributed by atoms with Crippen molar-refractivity contribution in [2.75, 3.05) is 20.2 Å². The Morgan fingerprint density at radius 2 is 2.21 bits per heavy atom. The number of urea groups is 1. The van der Waals surface area contributed by atoms with Crippen LogP contribution in [0.3, 0.4) is 0 Å². The van der Waals surface area contributed by atoms with E-state index in [4.69, 9.17) is 9.52 Å². The zero-order valence-corrected chi connectivity index (χ0v) is 11.1. The summed E-state index contributed by atoms with van der Waals surface area (Å²) in [7, 11) is 1.64. The molecule has 2 rings (SSSR count). The molecule has 0 fully saturated rings. The first-order valence-corrected chi connectivity index (χ1v) is 6.23. The number of para-hydroxylation sites is 1. The van der Waals surface area contributed by atoms with Crippen molar-refractivity contribution in [3.05, 3.63) is 36.1 Å². The van der Waals surface area contributed by atoms with Crippen molar-refractivity contribution in [1.29, 1.82) is 0 Å². The fraction of sp³-hybridized carbons (Fsp3) is 0.357. The van der Waals surface area contributed by atoms with E-state index in [1.54, 1.807) is 7.05 Å². The number of hydrogen-bond donors (Lipinski definition) is 2. The van der Waals surface area contributed by atoms with E-state index in [9.17, 15) is 4.79 Å². The van der Waals surface area contributed by atoms with Gasteiger partial charge in [0.25, 0.3) is 0 Å². The molecule has 0 radical (unpaired) electrons. The van der Waals surface area contributed by atoms with Gasteiger partial charge in [-0.3, -0.25) is 0 Å². The van der Waals surface area contributed by atoms with Crippen LogP contribution in [0, 0.1) is 0 Å². The number of fused-ring (bicyclic) bond motifs is 1. The van der Waals surface area contributed by atoms with E-state index < -0.39 is 0 Å². The maximum atomic E-state index is 11.8. The molecule has 1 unspecified atom stereocenters. The number of carbonyl (C=O) groups is 1. The van der Waals surface area contributed by atoms with E-state index in [2.05, 4.69) is 5.32 Å². The first-order chi connectivity index (χ1) is 9.11. The van der Waals surface area contributed by atoms with Gasteiger partial charge in [-0.25, -0.2) is 4.79 Å². The van der Waals surface area contributed by atoms with Crippen LogP contribution in [0.1, 0.15) is 18.7 Å². The second-order valence-electron chi connectivity index (χ2n) is 4.50. The van der Waals surface area contributed by atoms with Crippen LogP contribution in [0.2, 0.25) is 0 Å². The minimum Gasteiger partial charge on any atom is -0.459 e. The van der Waals surface area contributed by atoms with E-state index >= 15 is 0 Å². The Kier molecular flexibility index (Phi) is 4.06. The van der Waals surface area contributed by atoms with Crippen molar-refractivity contribution in [2.24, 2.45) is 0 Å². The molecule has 0 aliphatic rings. The van der Waals surface area contributed by atoms with Crippen molar-refractivity contribution in [2.45, 2.75) is 13.0 Å². The van der Waals surface area contributed by atoms with Gasteiger partial charge in [0.05, 0.1) is 12.6 Å². The van der Waals surface area contributed by atoms with Crippen LogP contribution >= 0.6 is 0 Å². The molecule has 2 amide bonds. The minimum absolute atomic E-state index is 0.0526. The number of furan rings is 1. The molecule has 19 heavy (non-hydrogen) atoms. The molecular formula is C14H18N2O3. The molecule has 2 N–H and O–H groups in total. The number of nitrogens with one attached hydrogen (secondary N) is 1. The summed E-state index contributed by atoms with van der Waals surface area (Å²) in [4.78, 5) is 13.2. The smallest absolute Gasteiger partial charge is 0.317 e. The minimum atomic E-state index is -0.234. The average Bonchev–Trinajstić information content (AvgIpc) is 2.82. The number of amides is 2. The normalized spacial score (nSPS) is 12.4. The topological polar surface area (TPSA) is 65.7 Å². The van der Waals surface area contributed by atoms with Gasteiger partial charge in [0, 0.05) is 19.0 Å². The summed E-state index contributed by atoms with van der Waals surface area (Å²) in [6.45, 7) is 2.12. The third-order valence-corrected chi connectivity index (χ3v) is 2.99. The molecular weight excluding hydrogens is 244 g/mol. The van der Waals surface area contributed by atoms with Gasteiger partial charge in [-0.1, -0.05) is 18.2 Å². The molecule has 0 saturated heterocycles. The first-order valence-electron chi connectivity index (χ1n) is 6.23. The van der Waals surface area contributed by atoms with Crippen LogP contribution in [0.5, 0.6) is 0 Å². The largest absolute Gasteiger partial charge is 0.459 e. The van der Waals surface area contributed by atoms with Gasteiger partial charge in [0.2, 0.25) is 0 Å². The number of hydrogen-bond acceptors (Lipinski definition) is 3. The highest BCUT2D eigenvalue weighted by atomic mass is 16.3. The van der Waals surface area contributed by atoms with Gasteiger partial charge in [0.1, 0.15) is 11.3 Å². The number of carbonyl (C=O) groups excluding carboxylic acids is 1. The Hall–Kier alpha value is -2.01. The maximum absolute atomic E-state index is 11.8. The van der Waals surface area contributed by atoms with E-state index in [1.807, 2.05) is 37.3 Å². The van der Waals surface area contributed by atoms with Crippen LogP contribution in [0.25, 0.3) is 11.0 Å². The highest BCUT2D eigenvalue weighted by molar-refractivity contribution is 5.78. The van der Waals surface area contributed by atoms with Crippen molar-refractivity contribution >= 4 is 17.0 Å². The average molecular weight is 262 g/mol. The van der Waals surface area contributed by atoms with Crippen molar-refractivity contribution in [1.82, 2.24) is 10.2 Å². The van der Waals surface area contributed by atoms with Gasteiger partial charge in [-0.2, -0.15) is 0 Å². The summed E-state index contributed by atoms with van der Waals surface area (Å²) in [6, 6.07) is 9.18. The Morgan fingerprint density at radius 1 is 1.47 bits per heavy atom. The third-order valence-electron chi connectivity index (χ3n) is 2.99. The van der Waals surface area contributed by atoms with E-state index in [0.717, 1.165) is 11.0 Å². The van der Waals surface area contributed by atoms with Crippen molar-refractivity contribution in [3.63, 3.8) is 0 Å². The van der Waals surface area contributed by atoms with Crippen molar-refractivity contribution < 1.29 is 14.3 Å². The van der Waals surface area contributed by atoms with Crippen LogP contribution in [-0.4, -0.2) is 36.2 Å². The molecule has 5 nitrogen and oxygen atoms in total. The highest BCUT2D eigenvalue weighted by Crippen LogP contribution is 2.23. The monoisotopic (exact) mass is 262 g/mol. The van der Waals surface area contributed by atoms with Gasteiger partial charge < -0.3 is 19.7 Å². The molecule has 0 aliphatic heterocycles. The lowest BCUT2D eigenvalue weighted by Crippen LogP contribution is -2.39. The number of aliphatic hydroxyl groups is 1. The standard InChI is InChI=1S/C14H18N2O3/c1-10(15-14(18)16(2)7-8-17)13-9-11-5-3-4-6-12(11)19-13/h3-6,9-10,17H,7-8H2,1-2H3,(H,15,18). The fourth-order valence-electron chi connectivity index (χ4n) is 1.83. The molecule has 1 aromatic heterocycles. The molecule has 0 bridgehead atoms. The summed E-state index contributed by atoms with van der Waals surface area (Å²) >= 11 is 0. The SMILES string of the molecule is CC(NC(=O)N(C)CCO)c1cc2ccccc2o1. The lowest BCUT2D eigenvalue weighted by Gasteiger charge is -2.19. The molecule has 1 aromatic carbocycles. The highest BCUT2D eigenvalue weighted by Gasteiger charge is 2.16. The lowest BCUT2D eigenvalue weighted by atomic mass is 10.2. The number of aliphatic hydroxyl groups excluding tert-OH is 1. The first kappa shape index (κ1) is 13.4. The fourth-order valence-corrected chi connectivity index (χ4v) is 1.83. The molecule has 2 aromatic rings. The van der Waals surface area contributed by atoms with E-state index in [0.29, 0.717) is 12.3 Å². The predicted octanol–water partition coefficient (Wildman–Crippen LogP) is 2.13. The number of benzene rings is 1.